The van der Waals surface area contributed by atoms with Crippen molar-refractivity contribution in [1.29, 1.82) is 0 Å². The van der Waals surface area contributed by atoms with Crippen molar-refractivity contribution >= 4 is 5.97 Å². The predicted octanol–water partition coefficient (Wildman–Crippen LogP) is 10.9. The van der Waals surface area contributed by atoms with Gasteiger partial charge in [-0.15, -0.1) is 0 Å². The summed E-state index contributed by atoms with van der Waals surface area (Å²) in [5, 5.41) is 0. The van der Waals surface area contributed by atoms with Gasteiger partial charge in [-0.1, -0.05) is 129 Å². The molecule has 1 fully saturated rings. The summed E-state index contributed by atoms with van der Waals surface area (Å²) in [7, 11) is 1.81. The molecule has 4 nitrogen and oxygen atoms in total. The molecule has 1 atom stereocenters. The Morgan fingerprint density at radius 1 is 0.585 bits per heavy atom. The first-order valence-corrected chi connectivity index (χ1v) is 18.6. The lowest BCUT2D eigenvalue weighted by Crippen LogP contribution is -2.22. The number of esters is 1. The first-order valence-electron chi connectivity index (χ1n) is 18.6. The van der Waals surface area contributed by atoms with Gasteiger partial charge in [0.25, 0.3) is 0 Å². The highest BCUT2D eigenvalue weighted by molar-refractivity contribution is 5.69. The van der Waals surface area contributed by atoms with E-state index in [0.29, 0.717) is 18.9 Å². The lowest BCUT2D eigenvalue weighted by atomic mass is 9.91. The van der Waals surface area contributed by atoms with Crippen molar-refractivity contribution in [3.63, 3.8) is 0 Å². The van der Waals surface area contributed by atoms with Gasteiger partial charge in [0.1, 0.15) is 0 Å². The molecule has 244 valence electrons. The molecule has 1 saturated heterocycles. The number of rotatable bonds is 31. The summed E-state index contributed by atoms with van der Waals surface area (Å²) in [6.07, 6.45) is 33.5. The van der Waals surface area contributed by atoms with Gasteiger partial charge in [0.05, 0.1) is 6.61 Å². The fourth-order valence-electron chi connectivity index (χ4n) is 6.63. The zero-order chi connectivity index (χ0) is 29.6. The Balaban J connectivity index is 2.11. The molecule has 0 aromatic rings. The van der Waals surface area contributed by atoms with E-state index in [1.165, 1.54) is 174 Å². The average molecular weight is 580 g/mol. The van der Waals surface area contributed by atoms with E-state index in [-0.39, 0.29) is 5.97 Å². The van der Waals surface area contributed by atoms with Crippen LogP contribution in [0.25, 0.3) is 0 Å². The summed E-state index contributed by atoms with van der Waals surface area (Å²) >= 11 is 0. The Bertz CT molecular complexity index is 538. The zero-order valence-electron chi connectivity index (χ0n) is 28.2. The summed E-state index contributed by atoms with van der Waals surface area (Å²) in [5.41, 5.74) is 0. The second-order valence-electron chi connectivity index (χ2n) is 13.3. The number of carbonyl (C=O) groups excluding carboxylic acids is 1. The minimum atomic E-state index is 0.0501. The SMILES string of the molecule is CCCCCC(CCCCC)CC(=O)OCCCCCCCCC(CCCCCCCCOC)CCN1CCCC1. The van der Waals surface area contributed by atoms with Gasteiger partial charge in [0.15, 0.2) is 0 Å². The third-order valence-electron chi connectivity index (χ3n) is 9.42. The van der Waals surface area contributed by atoms with Gasteiger partial charge >= 0.3 is 5.97 Å². The molecule has 0 aliphatic carbocycles. The van der Waals surface area contributed by atoms with Gasteiger partial charge in [-0.2, -0.15) is 0 Å². The largest absolute Gasteiger partial charge is 0.466 e. The van der Waals surface area contributed by atoms with Crippen LogP contribution in [0.15, 0.2) is 0 Å². The van der Waals surface area contributed by atoms with Gasteiger partial charge in [-0.3, -0.25) is 4.79 Å². The zero-order valence-corrected chi connectivity index (χ0v) is 28.2. The number of hydrogen-bond donors (Lipinski definition) is 0. The maximum atomic E-state index is 12.4. The van der Waals surface area contributed by atoms with E-state index < -0.39 is 0 Å². The van der Waals surface area contributed by atoms with Crippen LogP contribution in [0.1, 0.15) is 181 Å². The predicted molar refractivity (Wildman–Crippen MR) is 178 cm³/mol. The highest BCUT2D eigenvalue weighted by Gasteiger charge is 2.16. The number of ether oxygens (including phenoxy) is 2. The van der Waals surface area contributed by atoms with Crippen molar-refractivity contribution in [2.45, 2.75) is 181 Å². The normalized spacial score (nSPS) is 14.7. The van der Waals surface area contributed by atoms with Crippen molar-refractivity contribution in [2.24, 2.45) is 11.8 Å². The molecule has 0 aromatic carbocycles. The number of unbranched alkanes of at least 4 members (excludes halogenated alkanes) is 14. The molecule has 0 bridgehead atoms. The summed E-state index contributed by atoms with van der Waals surface area (Å²) in [6, 6.07) is 0. The summed E-state index contributed by atoms with van der Waals surface area (Å²) in [5.74, 6) is 1.51. The van der Waals surface area contributed by atoms with Crippen molar-refractivity contribution in [3.05, 3.63) is 0 Å². The fourth-order valence-corrected chi connectivity index (χ4v) is 6.63. The van der Waals surface area contributed by atoms with Gasteiger partial charge < -0.3 is 14.4 Å². The molecule has 1 aliphatic heterocycles. The van der Waals surface area contributed by atoms with E-state index in [2.05, 4.69) is 18.7 Å². The number of hydrogen-bond acceptors (Lipinski definition) is 4. The van der Waals surface area contributed by atoms with Crippen molar-refractivity contribution in [3.8, 4) is 0 Å². The quantitative estimate of drug-likeness (QED) is 0.0605. The Morgan fingerprint density at radius 3 is 1.59 bits per heavy atom. The van der Waals surface area contributed by atoms with Gasteiger partial charge in [-0.25, -0.2) is 0 Å². The van der Waals surface area contributed by atoms with Gasteiger partial charge in [-0.05, 0) is 76.4 Å². The van der Waals surface area contributed by atoms with E-state index in [9.17, 15) is 4.79 Å². The van der Waals surface area contributed by atoms with E-state index >= 15 is 0 Å². The van der Waals surface area contributed by atoms with Crippen LogP contribution < -0.4 is 0 Å². The Morgan fingerprint density at radius 2 is 1.05 bits per heavy atom. The maximum Gasteiger partial charge on any atom is 0.306 e. The Hall–Kier alpha value is -0.610. The molecular formula is C37H73NO3. The van der Waals surface area contributed by atoms with Crippen LogP contribution in [-0.2, 0) is 14.3 Å². The molecule has 0 amide bonds. The van der Waals surface area contributed by atoms with Crippen LogP contribution in [0.5, 0.6) is 0 Å². The lowest BCUT2D eigenvalue weighted by molar-refractivity contribution is -0.145. The van der Waals surface area contributed by atoms with E-state index in [0.717, 1.165) is 18.9 Å². The monoisotopic (exact) mass is 580 g/mol. The molecule has 1 aliphatic rings. The lowest BCUT2D eigenvalue weighted by Gasteiger charge is -2.21. The van der Waals surface area contributed by atoms with Crippen LogP contribution in [0.4, 0.5) is 0 Å². The van der Waals surface area contributed by atoms with Crippen LogP contribution in [0.3, 0.4) is 0 Å². The van der Waals surface area contributed by atoms with Crippen molar-refractivity contribution in [1.82, 2.24) is 4.90 Å². The van der Waals surface area contributed by atoms with Gasteiger partial charge in [0.2, 0.25) is 0 Å². The molecular weight excluding hydrogens is 506 g/mol. The minimum absolute atomic E-state index is 0.0501. The second kappa shape index (κ2) is 29.5. The smallest absolute Gasteiger partial charge is 0.306 e. The highest BCUT2D eigenvalue weighted by atomic mass is 16.5. The second-order valence-corrected chi connectivity index (χ2v) is 13.3. The third-order valence-corrected chi connectivity index (χ3v) is 9.42. The third kappa shape index (κ3) is 24.5. The van der Waals surface area contributed by atoms with Crippen LogP contribution in [0.2, 0.25) is 0 Å². The molecule has 41 heavy (non-hydrogen) atoms. The van der Waals surface area contributed by atoms with Crippen LogP contribution in [-0.4, -0.2) is 50.8 Å². The van der Waals surface area contributed by atoms with Crippen LogP contribution >= 0.6 is 0 Å². The van der Waals surface area contributed by atoms with Crippen LogP contribution in [0, 0.1) is 11.8 Å². The molecule has 4 heteroatoms. The molecule has 0 radical (unpaired) electrons. The van der Waals surface area contributed by atoms with E-state index in [1.807, 2.05) is 7.11 Å². The Kier molecular flexibility index (Phi) is 27.6. The Labute approximate surface area is 257 Å². The number of nitrogens with zero attached hydrogens (tertiary/aromatic N) is 1. The van der Waals surface area contributed by atoms with Gasteiger partial charge in [0, 0.05) is 20.1 Å². The van der Waals surface area contributed by atoms with Crippen molar-refractivity contribution in [2.75, 3.05) is 40.0 Å². The maximum absolute atomic E-state index is 12.4. The summed E-state index contributed by atoms with van der Waals surface area (Å²) in [4.78, 5) is 15.1. The molecule has 0 aromatic heterocycles. The fraction of sp³-hybridized carbons (Fsp3) is 0.973. The van der Waals surface area contributed by atoms with E-state index in [4.69, 9.17) is 9.47 Å². The summed E-state index contributed by atoms with van der Waals surface area (Å²) < 4.78 is 10.8. The first-order chi connectivity index (χ1) is 20.2. The first kappa shape index (κ1) is 38.4. The molecule has 0 N–H and O–H groups in total. The standard InChI is InChI=1S/C37H73NO3/c1-4-6-16-26-36(27-17-7-5-2)34-37(39)41-33-23-15-11-9-13-19-25-35(28-31-38-29-20-21-30-38)24-18-12-8-10-14-22-32-40-3/h35-36H,4-34H2,1-3H3. The number of methoxy groups -OCH3 is 1. The topological polar surface area (TPSA) is 38.8 Å². The number of carbonyl (C=O) groups is 1. The molecule has 0 saturated carbocycles. The van der Waals surface area contributed by atoms with Crippen molar-refractivity contribution < 1.29 is 14.3 Å². The molecule has 1 unspecified atom stereocenters. The average Bonchev–Trinajstić information content (AvgIpc) is 3.50. The number of likely N-dealkylation sites (tertiary alicyclic amines) is 1. The molecule has 0 spiro atoms. The highest BCUT2D eigenvalue weighted by Crippen LogP contribution is 2.24. The molecule has 1 rings (SSSR count). The minimum Gasteiger partial charge on any atom is -0.466 e. The molecule has 1 heterocycles. The van der Waals surface area contributed by atoms with E-state index in [1.54, 1.807) is 0 Å². The summed E-state index contributed by atoms with van der Waals surface area (Å²) in [6.45, 7) is 10.1.